The number of nitrogens with one attached hydrogen (secondary N) is 2. The van der Waals surface area contributed by atoms with Crippen LogP contribution in [0.5, 0.6) is 0 Å². The van der Waals surface area contributed by atoms with Gasteiger partial charge in [0, 0.05) is 56.2 Å². The van der Waals surface area contributed by atoms with Crippen LogP contribution in [-0.4, -0.2) is 84.8 Å². The third-order valence-corrected chi connectivity index (χ3v) is 6.52. The quantitative estimate of drug-likeness (QED) is 0.578. The van der Waals surface area contributed by atoms with E-state index in [1.165, 1.54) is 0 Å². The summed E-state index contributed by atoms with van der Waals surface area (Å²) in [5.74, 6) is -0.175. The van der Waals surface area contributed by atoms with Crippen molar-refractivity contribution in [2.24, 2.45) is 0 Å². The molecule has 35 heavy (non-hydrogen) atoms. The van der Waals surface area contributed by atoms with E-state index in [0.29, 0.717) is 44.0 Å². The number of carbonyl (C=O) groups excluding carboxylic acids is 3. The summed E-state index contributed by atoms with van der Waals surface area (Å²) in [5.41, 5.74) is 4.28. The monoisotopic (exact) mass is 479 g/mol. The number of carbonyl (C=O) groups is 3. The van der Waals surface area contributed by atoms with Crippen LogP contribution in [0.25, 0.3) is 0 Å². The van der Waals surface area contributed by atoms with Crippen LogP contribution in [0, 0.1) is 13.8 Å². The molecule has 3 amide bonds. The minimum atomic E-state index is -0.112. The first-order chi connectivity index (χ1) is 16.8. The van der Waals surface area contributed by atoms with Crippen LogP contribution >= 0.6 is 0 Å². The zero-order chi connectivity index (χ0) is 25.4. The Kier molecular flexibility index (Phi) is 9.39. The standard InChI is InChI=1S/C27H37N5O3/c1-5-32(6-2)27(35)22-10-8-11-23(17-22)28-25(33)18-30-13-15-31(16-14-30)19-26(34)29-24-12-7-9-20(3)21(24)4/h7-12,17H,5-6,13-16,18-19H2,1-4H3,(H,28,33)(H,29,34). The van der Waals surface area contributed by atoms with Crippen LogP contribution in [-0.2, 0) is 9.59 Å². The topological polar surface area (TPSA) is 85.0 Å². The predicted octanol–water partition coefficient (Wildman–Crippen LogP) is 2.98. The zero-order valence-corrected chi connectivity index (χ0v) is 21.3. The summed E-state index contributed by atoms with van der Waals surface area (Å²) in [6, 6.07) is 13.0. The summed E-state index contributed by atoms with van der Waals surface area (Å²) in [6.45, 7) is 12.7. The molecule has 2 aromatic rings. The number of amides is 3. The third kappa shape index (κ3) is 7.37. The lowest BCUT2D eigenvalue weighted by atomic mass is 10.1. The van der Waals surface area contributed by atoms with Crippen molar-refractivity contribution in [3.05, 3.63) is 59.2 Å². The normalized spacial score (nSPS) is 14.4. The Morgan fingerprint density at radius 2 is 1.40 bits per heavy atom. The van der Waals surface area contributed by atoms with Gasteiger partial charge in [-0.2, -0.15) is 0 Å². The molecule has 0 saturated carbocycles. The first kappa shape index (κ1) is 26.4. The van der Waals surface area contributed by atoms with E-state index in [2.05, 4.69) is 20.4 Å². The lowest BCUT2D eigenvalue weighted by Crippen LogP contribution is -2.50. The summed E-state index contributed by atoms with van der Waals surface area (Å²) in [6.07, 6.45) is 0. The molecule has 0 aromatic heterocycles. The largest absolute Gasteiger partial charge is 0.339 e. The highest BCUT2D eigenvalue weighted by molar-refractivity contribution is 5.97. The fourth-order valence-corrected chi connectivity index (χ4v) is 4.21. The molecule has 8 nitrogen and oxygen atoms in total. The van der Waals surface area contributed by atoms with E-state index < -0.39 is 0 Å². The van der Waals surface area contributed by atoms with Gasteiger partial charge in [0.2, 0.25) is 11.8 Å². The summed E-state index contributed by atoms with van der Waals surface area (Å²) in [4.78, 5) is 43.6. The molecule has 1 aliphatic rings. The van der Waals surface area contributed by atoms with Gasteiger partial charge in [-0.05, 0) is 63.1 Å². The molecule has 1 aliphatic heterocycles. The van der Waals surface area contributed by atoms with E-state index in [9.17, 15) is 14.4 Å². The second-order valence-corrected chi connectivity index (χ2v) is 8.95. The molecule has 8 heteroatoms. The number of hydrogen-bond donors (Lipinski definition) is 2. The Morgan fingerprint density at radius 3 is 2.00 bits per heavy atom. The molecular weight excluding hydrogens is 442 g/mol. The third-order valence-electron chi connectivity index (χ3n) is 6.52. The molecule has 3 rings (SSSR count). The molecule has 0 radical (unpaired) electrons. The Labute approximate surface area is 208 Å². The van der Waals surface area contributed by atoms with Gasteiger partial charge in [-0.15, -0.1) is 0 Å². The number of hydrogen-bond acceptors (Lipinski definition) is 5. The molecule has 0 spiro atoms. The first-order valence-corrected chi connectivity index (χ1v) is 12.3. The Bertz CT molecular complexity index is 1040. The van der Waals surface area contributed by atoms with Crippen LogP contribution in [0.15, 0.2) is 42.5 Å². The van der Waals surface area contributed by atoms with Gasteiger partial charge < -0.3 is 15.5 Å². The molecule has 0 unspecified atom stereocenters. The Morgan fingerprint density at radius 1 is 0.829 bits per heavy atom. The molecule has 0 atom stereocenters. The van der Waals surface area contributed by atoms with Crippen LogP contribution in [0.4, 0.5) is 11.4 Å². The molecule has 1 fully saturated rings. The van der Waals surface area contributed by atoms with Crippen molar-refractivity contribution in [3.8, 4) is 0 Å². The molecule has 0 aliphatic carbocycles. The van der Waals surface area contributed by atoms with Crippen LogP contribution in [0.1, 0.15) is 35.3 Å². The fraction of sp³-hybridized carbons (Fsp3) is 0.444. The van der Waals surface area contributed by atoms with Crippen molar-refractivity contribution in [2.45, 2.75) is 27.7 Å². The van der Waals surface area contributed by atoms with E-state index in [1.807, 2.05) is 45.9 Å². The van der Waals surface area contributed by atoms with Crippen molar-refractivity contribution in [1.82, 2.24) is 14.7 Å². The van der Waals surface area contributed by atoms with Crippen LogP contribution in [0.3, 0.4) is 0 Å². The van der Waals surface area contributed by atoms with Gasteiger partial charge in [-0.3, -0.25) is 24.2 Å². The summed E-state index contributed by atoms with van der Waals surface area (Å²) in [7, 11) is 0. The summed E-state index contributed by atoms with van der Waals surface area (Å²) < 4.78 is 0. The van der Waals surface area contributed by atoms with Crippen molar-refractivity contribution in [1.29, 1.82) is 0 Å². The maximum atomic E-state index is 12.6. The van der Waals surface area contributed by atoms with E-state index in [0.717, 1.165) is 29.9 Å². The highest BCUT2D eigenvalue weighted by atomic mass is 16.2. The van der Waals surface area contributed by atoms with Gasteiger partial charge in [0.05, 0.1) is 13.1 Å². The van der Waals surface area contributed by atoms with Gasteiger partial charge in [0.1, 0.15) is 0 Å². The number of aryl methyl sites for hydroxylation is 1. The molecule has 188 valence electrons. The number of piperazine rings is 1. The van der Waals surface area contributed by atoms with E-state index >= 15 is 0 Å². The van der Waals surface area contributed by atoms with Crippen molar-refractivity contribution >= 4 is 29.1 Å². The SMILES string of the molecule is CCN(CC)C(=O)c1cccc(NC(=O)CN2CCN(CC(=O)Nc3cccc(C)c3C)CC2)c1. The molecule has 0 bridgehead atoms. The van der Waals surface area contributed by atoms with Gasteiger partial charge >= 0.3 is 0 Å². The number of nitrogens with zero attached hydrogens (tertiary/aromatic N) is 3. The number of anilines is 2. The second-order valence-electron chi connectivity index (χ2n) is 8.95. The summed E-state index contributed by atoms with van der Waals surface area (Å²) in [5, 5.41) is 5.92. The maximum Gasteiger partial charge on any atom is 0.253 e. The molecule has 2 aromatic carbocycles. The van der Waals surface area contributed by atoms with Crippen LogP contribution in [0.2, 0.25) is 0 Å². The number of benzene rings is 2. The Balaban J connectivity index is 1.44. The lowest BCUT2D eigenvalue weighted by Gasteiger charge is -2.33. The van der Waals surface area contributed by atoms with Gasteiger partial charge in [0.15, 0.2) is 0 Å². The average molecular weight is 480 g/mol. The minimum absolute atomic E-state index is 0.0240. The molecular formula is C27H37N5O3. The van der Waals surface area contributed by atoms with Gasteiger partial charge in [0.25, 0.3) is 5.91 Å². The zero-order valence-electron chi connectivity index (χ0n) is 21.3. The highest BCUT2D eigenvalue weighted by Gasteiger charge is 2.21. The second kappa shape index (κ2) is 12.5. The van der Waals surface area contributed by atoms with Crippen molar-refractivity contribution < 1.29 is 14.4 Å². The van der Waals surface area contributed by atoms with Crippen molar-refractivity contribution in [3.63, 3.8) is 0 Å². The minimum Gasteiger partial charge on any atom is -0.339 e. The molecule has 2 N–H and O–H groups in total. The number of rotatable bonds is 9. The molecule has 1 saturated heterocycles. The lowest BCUT2D eigenvalue weighted by molar-refractivity contribution is -0.120. The van der Waals surface area contributed by atoms with E-state index in [4.69, 9.17) is 0 Å². The average Bonchev–Trinajstić information content (AvgIpc) is 2.84. The highest BCUT2D eigenvalue weighted by Crippen LogP contribution is 2.18. The van der Waals surface area contributed by atoms with Crippen LogP contribution < -0.4 is 10.6 Å². The fourth-order valence-electron chi connectivity index (χ4n) is 4.21. The van der Waals surface area contributed by atoms with Crippen molar-refractivity contribution in [2.75, 3.05) is 63.0 Å². The predicted molar refractivity (Wildman–Crippen MR) is 140 cm³/mol. The van der Waals surface area contributed by atoms with E-state index in [1.54, 1.807) is 29.2 Å². The maximum absolute atomic E-state index is 12.6. The first-order valence-electron chi connectivity index (χ1n) is 12.3. The Hall–Kier alpha value is -3.23. The molecule has 1 heterocycles. The van der Waals surface area contributed by atoms with E-state index in [-0.39, 0.29) is 24.3 Å². The van der Waals surface area contributed by atoms with Gasteiger partial charge in [-0.25, -0.2) is 0 Å². The van der Waals surface area contributed by atoms with Gasteiger partial charge in [-0.1, -0.05) is 18.2 Å². The smallest absolute Gasteiger partial charge is 0.253 e. The summed E-state index contributed by atoms with van der Waals surface area (Å²) >= 11 is 0.